The predicted octanol–water partition coefficient (Wildman–Crippen LogP) is 2.41. The Balaban J connectivity index is 2.31. The Hall–Kier alpha value is -1.84. The molecule has 1 amide bonds. The van der Waals surface area contributed by atoms with Gasteiger partial charge in [-0.1, -0.05) is 25.8 Å². The third-order valence-electron chi connectivity index (χ3n) is 3.17. The van der Waals surface area contributed by atoms with Gasteiger partial charge < -0.3 is 9.64 Å². The van der Waals surface area contributed by atoms with Crippen molar-refractivity contribution < 1.29 is 14.3 Å². The topological polar surface area (TPSA) is 46.6 Å². The number of nitrogens with zero attached hydrogens (tertiary/aromatic N) is 1. The van der Waals surface area contributed by atoms with Crippen LogP contribution in [0.1, 0.15) is 36.5 Å². The number of amides is 1. The summed E-state index contributed by atoms with van der Waals surface area (Å²) >= 11 is 0. The van der Waals surface area contributed by atoms with Gasteiger partial charge >= 0.3 is 0 Å². The molecule has 1 aromatic rings. The van der Waals surface area contributed by atoms with Gasteiger partial charge in [-0.3, -0.25) is 9.59 Å². The summed E-state index contributed by atoms with van der Waals surface area (Å²) in [6, 6.07) is 5.31. The van der Waals surface area contributed by atoms with E-state index >= 15 is 0 Å². The van der Waals surface area contributed by atoms with Gasteiger partial charge in [-0.15, -0.1) is 0 Å². The smallest absolute Gasteiger partial charge is 0.299 e. The summed E-state index contributed by atoms with van der Waals surface area (Å²) in [5.74, 6) is -0.423. The highest BCUT2D eigenvalue weighted by Gasteiger charge is 2.37. The lowest BCUT2D eigenvalue weighted by Gasteiger charge is -2.16. The molecule has 1 aliphatic heterocycles. The van der Waals surface area contributed by atoms with Crippen molar-refractivity contribution in [3.05, 3.63) is 23.8 Å². The van der Waals surface area contributed by atoms with Crippen molar-refractivity contribution >= 4 is 17.4 Å². The number of fused-ring (bicyclic) bond motifs is 1. The first-order valence-corrected chi connectivity index (χ1v) is 6.24. The van der Waals surface area contributed by atoms with Gasteiger partial charge in [0.1, 0.15) is 5.75 Å². The van der Waals surface area contributed by atoms with Crippen LogP contribution >= 0.6 is 0 Å². The number of unbranched alkanes of at least 4 members (excludes halogenated alkanes) is 2. The standard InChI is InChI=1S/C14H17NO3/c1-3-4-5-9-15-10-7-6-8-11(18-2)12(10)13(16)14(15)17/h6-8H,3-5,9H2,1-2H3. The number of hydrogen-bond acceptors (Lipinski definition) is 3. The number of carbonyl (C=O) groups excluding carboxylic acids is 2. The summed E-state index contributed by atoms with van der Waals surface area (Å²) in [7, 11) is 1.51. The third-order valence-corrected chi connectivity index (χ3v) is 3.17. The lowest BCUT2D eigenvalue weighted by atomic mass is 10.1. The normalized spacial score (nSPS) is 14.0. The Morgan fingerprint density at radius 2 is 2.00 bits per heavy atom. The van der Waals surface area contributed by atoms with Crippen molar-refractivity contribution in [1.82, 2.24) is 0 Å². The van der Waals surface area contributed by atoms with Crippen molar-refractivity contribution in [2.24, 2.45) is 0 Å². The fourth-order valence-electron chi connectivity index (χ4n) is 2.22. The molecule has 0 aromatic heterocycles. The number of hydrogen-bond donors (Lipinski definition) is 0. The zero-order valence-electron chi connectivity index (χ0n) is 10.7. The van der Waals surface area contributed by atoms with Gasteiger partial charge in [0.25, 0.3) is 11.7 Å². The molecule has 1 aromatic carbocycles. The second kappa shape index (κ2) is 5.21. The summed E-state index contributed by atoms with van der Waals surface area (Å²) < 4.78 is 5.15. The summed E-state index contributed by atoms with van der Waals surface area (Å²) in [4.78, 5) is 25.5. The van der Waals surface area contributed by atoms with Crippen LogP contribution in [0.3, 0.4) is 0 Å². The van der Waals surface area contributed by atoms with Crippen LogP contribution < -0.4 is 9.64 Å². The van der Waals surface area contributed by atoms with Gasteiger partial charge in [-0.25, -0.2) is 0 Å². The van der Waals surface area contributed by atoms with E-state index < -0.39 is 11.7 Å². The van der Waals surface area contributed by atoms with E-state index in [1.807, 2.05) is 0 Å². The van der Waals surface area contributed by atoms with E-state index in [4.69, 9.17) is 4.74 Å². The van der Waals surface area contributed by atoms with Crippen LogP contribution in [0, 0.1) is 0 Å². The van der Waals surface area contributed by atoms with Crippen molar-refractivity contribution in [2.45, 2.75) is 26.2 Å². The number of Topliss-reactive ketones (excluding diaryl/α,β-unsaturated/α-hetero) is 1. The summed E-state index contributed by atoms with van der Waals surface area (Å²) in [6.07, 6.45) is 3.05. The summed E-state index contributed by atoms with van der Waals surface area (Å²) in [5.41, 5.74) is 1.09. The number of methoxy groups -OCH3 is 1. The number of anilines is 1. The van der Waals surface area contributed by atoms with E-state index in [1.165, 1.54) is 7.11 Å². The number of ether oxygens (including phenoxy) is 1. The van der Waals surface area contributed by atoms with Crippen molar-refractivity contribution in [1.29, 1.82) is 0 Å². The van der Waals surface area contributed by atoms with Crippen LogP contribution in [0.2, 0.25) is 0 Å². The zero-order valence-corrected chi connectivity index (χ0v) is 10.7. The molecule has 0 fully saturated rings. The lowest BCUT2D eigenvalue weighted by molar-refractivity contribution is -0.114. The zero-order chi connectivity index (χ0) is 13.1. The van der Waals surface area contributed by atoms with Gasteiger partial charge in [0, 0.05) is 6.54 Å². The van der Waals surface area contributed by atoms with Crippen LogP contribution in [0.4, 0.5) is 5.69 Å². The van der Waals surface area contributed by atoms with Gasteiger partial charge in [0.2, 0.25) is 0 Å². The highest BCUT2D eigenvalue weighted by Crippen LogP contribution is 2.35. The highest BCUT2D eigenvalue weighted by atomic mass is 16.5. The summed E-state index contributed by atoms with van der Waals surface area (Å²) in [6.45, 7) is 2.70. The minimum absolute atomic E-state index is 0.404. The molecule has 18 heavy (non-hydrogen) atoms. The first kappa shape index (κ1) is 12.6. The number of carbonyl (C=O) groups is 2. The van der Waals surface area contributed by atoms with E-state index in [-0.39, 0.29) is 0 Å². The fraction of sp³-hybridized carbons (Fsp3) is 0.429. The molecule has 0 atom stereocenters. The van der Waals surface area contributed by atoms with E-state index in [0.29, 0.717) is 23.5 Å². The van der Waals surface area contributed by atoms with Crippen LogP contribution in [-0.4, -0.2) is 25.3 Å². The number of rotatable bonds is 5. The van der Waals surface area contributed by atoms with E-state index in [9.17, 15) is 9.59 Å². The molecule has 1 aliphatic rings. The maximum Gasteiger partial charge on any atom is 0.299 e. The molecule has 0 spiro atoms. The van der Waals surface area contributed by atoms with Crippen LogP contribution in [-0.2, 0) is 4.79 Å². The van der Waals surface area contributed by atoms with E-state index in [2.05, 4.69) is 6.92 Å². The Morgan fingerprint density at radius 1 is 1.22 bits per heavy atom. The van der Waals surface area contributed by atoms with Crippen molar-refractivity contribution in [3.63, 3.8) is 0 Å². The van der Waals surface area contributed by atoms with Gasteiger partial charge in [0.15, 0.2) is 0 Å². The maximum absolute atomic E-state index is 11.9. The molecule has 0 bridgehead atoms. The highest BCUT2D eigenvalue weighted by molar-refractivity contribution is 6.52. The largest absolute Gasteiger partial charge is 0.496 e. The van der Waals surface area contributed by atoms with Gasteiger partial charge in [-0.05, 0) is 18.6 Å². The molecule has 0 N–H and O–H groups in total. The van der Waals surface area contributed by atoms with Crippen LogP contribution in [0.15, 0.2) is 18.2 Å². The molecule has 0 unspecified atom stereocenters. The molecule has 2 rings (SSSR count). The first-order chi connectivity index (χ1) is 8.70. The number of benzene rings is 1. The molecule has 0 saturated carbocycles. The van der Waals surface area contributed by atoms with Crippen LogP contribution in [0.25, 0.3) is 0 Å². The number of ketones is 1. The molecule has 0 aliphatic carbocycles. The average Bonchev–Trinajstić information content (AvgIpc) is 2.64. The second-order valence-electron chi connectivity index (χ2n) is 4.35. The first-order valence-electron chi connectivity index (χ1n) is 6.24. The van der Waals surface area contributed by atoms with Gasteiger partial charge in [0.05, 0.1) is 18.4 Å². The Kier molecular flexibility index (Phi) is 3.65. The minimum Gasteiger partial charge on any atom is -0.496 e. The molecular formula is C14H17NO3. The molecular weight excluding hydrogens is 230 g/mol. The molecule has 0 radical (unpaired) electrons. The summed E-state index contributed by atoms with van der Waals surface area (Å²) in [5, 5.41) is 0. The average molecular weight is 247 g/mol. The monoisotopic (exact) mass is 247 g/mol. The fourth-order valence-corrected chi connectivity index (χ4v) is 2.22. The molecule has 1 heterocycles. The second-order valence-corrected chi connectivity index (χ2v) is 4.35. The maximum atomic E-state index is 11.9. The minimum atomic E-state index is -0.459. The molecule has 96 valence electrons. The lowest BCUT2D eigenvalue weighted by Crippen LogP contribution is -2.30. The van der Waals surface area contributed by atoms with Gasteiger partial charge in [-0.2, -0.15) is 0 Å². The molecule has 4 heteroatoms. The van der Waals surface area contributed by atoms with Crippen molar-refractivity contribution in [2.75, 3.05) is 18.6 Å². The third kappa shape index (κ3) is 1.98. The SMILES string of the molecule is CCCCCN1C(=O)C(=O)c2c(OC)cccc21. The van der Waals surface area contributed by atoms with Crippen LogP contribution in [0.5, 0.6) is 5.75 Å². The Labute approximate surface area is 107 Å². The quantitative estimate of drug-likeness (QED) is 0.593. The van der Waals surface area contributed by atoms with Crippen molar-refractivity contribution in [3.8, 4) is 5.75 Å². The van der Waals surface area contributed by atoms with E-state index in [0.717, 1.165) is 19.3 Å². The Morgan fingerprint density at radius 3 is 2.67 bits per heavy atom. The molecule has 4 nitrogen and oxygen atoms in total. The van der Waals surface area contributed by atoms with E-state index in [1.54, 1.807) is 23.1 Å². The molecule has 0 saturated heterocycles. The Bertz CT molecular complexity index is 482. The predicted molar refractivity (Wildman–Crippen MR) is 69.2 cm³/mol.